The van der Waals surface area contributed by atoms with Gasteiger partial charge in [-0.25, -0.2) is 14.6 Å². The Bertz CT molecular complexity index is 610. The van der Waals surface area contributed by atoms with E-state index in [1.54, 1.807) is 29.2 Å². The zero-order valence-electron chi connectivity index (χ0n) is 10.4. The minimum atomic E-state index is -0.0898. The standard InChI is InChI=1S/C12H16N6/c1-8(11(14)4-3-5-13)18-12-10(7-16-18)6-15-9(2)17-12/h3-8H,13-14H2,1-2H3/b5-3-,11-4-. The van der Waals surface area contributed by atoms with Gasteiger partial charge in [-0.05, 0) is 32.2 Å². The molecule has 0 radical (unpaired) electrons. The molecule has 1 atom stereocenters. The van der Waals surface area contributed by atoms with Gasteiger partial charge in [-0.15, -0.1) is 0 Å². The van der Waals surface area contributed by atoms with Crippen LogP contribution in [0.25, 0.3) is 11.0 Å². The fourth-order valence-electron chi connectivity index (χ4n) is 1.65. The van der Waals surface area contributed by atoms with Crippen molar-refractivity contribution in [1.29, 1.82) is 0 Å². The molecule has 94 valence electrons. The van der Waals surface area contributed by atoms with Crippen LogP contribution in [-0.2, 0) is 0 Å². The first-order chi connectivity index (χ1) is 8.63. The number of fused-ring (bicyclic) bond motifs is 1. The van der Waals surface area contributed by atoms with Crippen LogP contribution < -0.4 is 11.5 Å². The Morgan fingerprint density at radius 1 is 1.44 bits per heavy atom. The van der Waals surface area contributed by atoms with Crippen molar-refractivity contribution in [2.24, 2.45) is 11.5 Å². The average Bonchev–Trinajstić information content (AvgIpc) is 2.77. The Hall–Kier alpha value is -2.37. The van der Waals surface area contributed by atoms with Crippen LogP contribution in [0.1, 0.15) is 18.8 Å². The normalized spacial score (nSPS) is 14.4. The second kappa shape index (κ2) is 4.87. The number of aryl methyl sites for hydroxylation is 1. The highest BCUT2D eigenvalue weighted by Gasteiger charge is 2.13. The zero-order valence-corrected chi connectivity index (χ0v) is 10.4. The molecule has 18 heavy (non-hydrogen) atoms. The van der Waals surface area contributed by atoms with Crippen LogP contribution in [0, 0.1) is 6.92 Å². The van der Waals surface area contributed by atoms with Crippen molar-refractivity contribution in [3.8, 4) is 0 Å². The molecule has 0 amide bonds. The molecular formula is C12H16N6. The van der Waals surface area contributed by atoms with E-state index in [1.807, 2.05) is 13.8 Å². The van der Waals surface area contributed by atoms with Gasteiger partial charge in [0, 0.05) is 11.9 Å². The number of aromatic nitrogens is 4. The number of rotatable bonds is 3. The lowest BCUT2D eigenvalue weighted by molar-refractivity contribution is 0.563. The largest absolute Gasteiger partial charge is 0.405 e. The monoisotopic (exact) mass is 244 g/mol. The van der Waals surface area contributed by atoms with E-state index >= 15 is 0 Å². The highest BCUT2D eigenvalue weighted by atomic mass is 15.3. The van der Waals surface area contributed by atoms with Crippen molar-refractivity contribution >= 4 is 11.0 Å². The topological polar surface area (TPSA) is 95.6 Å². The first-order valence-electron chi connectivity index (χ1n) is 5.64. The summed E-state index contributed by atoms with van der Waals surface area (Å²) in [6.45, 7) is 3.80. The molecule has 0 aliphatic carbocycles. The van der Waals surface area contributed by atoms with Crippen molar-refractivity contribution < 1.29 is 0 Å². The summed E-state index contributed by atoms with van der Waals surface area (Å²) in [4.78, 5) is 8.52. The van der Waals surface area contributed by atoms with Gasteiger partial charge in [-0.1, -0.05) is 0 Å². The number of hydrogen-bond donors (Lipinski definition) is 2. The summed E-state index contributed by atoms with van der Waals surface area (Å²) in [5.74, 6) is 0.709. The third-order valence-electron chi connectivity index (χ3n) is 2.70. The summed E-state index contributed by atoms with van der Waals surface area (Å²) >= 11 is 0. The zero-order chi connectivity index (χ0) is 13.1. The highest BCUT2D eigenvalue weighted by Crippen LogP contribution is 2.18. The molecule has 2 aromatic rings. The van der Waals surface area contributed by atoms with Gasteiger partial charge in [0.05, 0.1) is 17.6 Å². The summed E-state index contributed by atoms with van der Waals surface area (Å²) in [5, 5.41) is 5.20. The summed E-state index contributed by atoms with van der Waals surface area (Å²) in [6.07, 6.45) is 8.38. The Morgan fingerprint density at radius 3 is 2.94 bits per heavy atom. The molecule has 0 spiro atoms. The highest BCUT2D eigenvalue weighted by molar-refractivity contribution is 5.73. The fourth-order valence-corrected chi connectivity index (χ4v) is 1.65. The second-order valence-corrected chi connectivity index (χ2v) is 4.01. The van der Waals surface area contributed by atoms with E-state index in [0.717, 1.165) is 11.0 Å². The van der Waals surface area contributed by atoms with E-state index in [0.29, 0.717) is 11.5 Å². The summed E-state index contributed by atoms with van der Waals surface area (Å²) < 4.78 is 1.78. The van der Waals surface area contributed by atoms with Crippen LogP contribution in [0.2, 0.25) is 0 Å². The van der Waals surface area contributed by atoms with E-state index in [4.69, 9.17) is 11.5 Å². The van der Waals surface area contributed by atoms with Crippen LogP contribution in [0.15, 0.2) is 36.4 Å². The Kier molecular flexibility index (Phi) is 3.27. The molecule has 0 saturated carbocycles. The third-order valence-corrected chi connectivity index (χ3v) is 2.70. The van der Waals surface area contributed by atoms with Crippen molar-refractivity contribution in [2.75, 3.05) is 0 Å². The molecule has 6 nitrogen and oxygen atoms in total. The van der Waals surface area contributed by atoms with Gasteiger partial charge < -0.3 is 11.5 Å². The van der Waals surface area contributed by atoms with Crippen LogP contribution >= 0.6 is 0 Å². The van der Waals surface area contributed by atoms with Gasteiger partial charge in [0.25, 0.3) is 0 Å². The summed E-state index contributed by atoms with van der Waals surface area (Å²) in [6, 6.07) is -0.0898. The van der Waals surface area contributed by atoms with Crippen molar-refractivity contribution in [3.63, 3.8) is 0 Å². The predicted octanol–water partition coefficient (Wildman–Crippen LogP) is 1.01. The third kappa shape index (κ3) is 2.17. The molecule has 2 aromatic heterocycles. The van der Waals surface area contributed by atoms with Crippen LogP contribution in [0.4, 0.5) is 0 Å². The smallest absolute Gasteiger partial charge is 0.162 e. The second-order valence-electron chi connectivity index (χ2n) is 4.01. The molecule has 6 heteroatoms. The van der Waals surface area contributed by atoms with Crippen LogP contribution in [-0.4, -0.2) is 19.7 Å². The lowest BCUT2D eigenvalue weighted by atomic mass is 10.2. The molecular weight excluding hydrogens is 228 g/mol. The van der Waals surface area contributed by atoms with E-state index < -0.39 is 0 Å². The molecule has 0 aliphatic rings. The van der Waals surface area contributed by atoms with Crippen molar-refractivity contribution in [2.45, 2.75) is 19.9 Å². The summed E-state index contributed by atoms with van der Waals surface area (Å²) in [5.41, 5.74) is 12.7. The van der Waals surface area contributed by atoms with Gasteiger partial charge in [-0.2, -0.15) is 5.10 Å². The van der Waals surface area contributed by atoms with Crippen molar-refractivity contribution in [3.05, 3.63) is 42.3 Å². The molecule has 0 fully saturated rings. The minimum Gasteiger partial charge on any atom is -0.405 e. The lowest BCUT2D eigenvalue weighted by Crippen LogP contribution is -2.15. The fraction of sp³-hybridized carbons (Fsp3) is 0.250. The SMILES string of the molecule is Cc1ncc2cnn(C(C)/C(N)=C/C=C\N)c2n1. The Balaban J connectivity index is 2.44. The maximum absolute atomic E-state index is 5.97. The van der Waals surface area contributed by atoms with Crippen molar-refractivity contribution in [1.82, 2.24) is 19.7 Å². The predicted molar refractivity (Wildman–Crippen MR) is 70.4 cm³/mol. The van der Waals surface area contributed by atoms with Gasteiger partial charge in [-0.3, -0.25) is 0 Å². The van der Waals surface area contributed by atoms with Gasteiger partial charge in [0.2, 0.25) is 0 Å². The number of allylic oxidation sites excluding steroid dienone is 3. The molecule has 0 bridgehead atoms. The Labute approximate surface area is 105 Å². The first kappa shape index (κ1) is 12.1. The maximum Gasteiger partial charge on any atom is 0.162 e. The minimum absolute atomic E-state index is 0.0898. The Morgan fingerprint density at radius 2 is 2.22 bits per heavy atom. The van der Waals surface area contributed by atoms with E-state index in [2.05, 4.69) is 15.1 Å². The molecule has 0 aliphatic heterocycles. The maximum atomic E-state index is 5.97. The summed E-state index contributed by atoms with van der Waals surface area (Å²) in [7, 11) is 0. The van der Waals surface area contributed by atoms with Gasteiger partial charge in [0.15, 0.2) is 5.65 Å². The molecule has 1 unspecified atom stereocenters. The molecule has 0 saturated heterocycles. The molecule has 2 rings (SSSR count). The first-order valence-corrected chi connectivity index (χ1v) is 5.64. The van der Waals surface area contributed by atoms with Crippen LogP contribution in [0.3, 0.4) is 0 Å². The quantitative estimate of drug-likeness (QED) is 0.785. The molecule has 0 aromatic carbocycles. The lowest BCUT2D eigenvalue weighted by Gasteiger charge is -2.13. The number of nitrogens with two attached hydrogens (primary N) is 2. The van der Waals surface area contributed by atoms with Gasteiger partial charge in [0.1, 0.15) is 5.82 Å². The molecule has 2 heterocycles. The number of nitrogens with zero attached hydrogens (tertiary/aromatic N) is 4. The molecule has 4 N–H and O–H groups in total. The van der Waals surface area contributed by atoms with Crippen LogP contribution in [0.5, 0.6) is 0 Å². The number of hydrogen-bond acceptors (Lipinski definition) is 5. The van der Waals surface area contributed by atoms with E-state index in [9.17, 15) is 0 Å². The average molecular weight is 244 g/mol. The van der Waals surface area contributed by atoms with E-state index in [1.165, 1.54) is 6.20 Å². The van der Waals surface area contributed by atoms with Gasteiger partial charge >= 0.3 is 0 Å². The van der Waals surface area contributed by atoms with E-state index in [-0.39, 0.29) is 6.04 Å².